The quantitative estimate of drug-likeness (QED) is 0.783. The van der Waals surface area contributed by atoms with Crippen LogP contribution in [0.5, 0.6) is 5.88 Å². The molecule has 20 heavy (non-hydrogen) atoms. The van der Waals surface area contributed by atoms with Crippen molar-refractivity contribution in [1.29, 1.82) is 0 Å². The zero-order valence-corrected chi connectivity index (χ0v) is 11.7. The van der Waals surface area contributed by atoms with E-state index >= 15 is 0 Å². The summed E-state index contributed by atoms with van der Waals surface area (Å²) in [6.07, 6.45) is 2.83. The van der Waals surface area contributed by atoms with Gasteiger partial charge in [0.2, 0.25) is 5.82 Å². The number of nitrogens with one attached hydrogen (secondary N) is 1. The summed E-state index contributed by atoms with van der Waals surface area (Å²) in [4.78, 5) is 11.6. The van der Waals surface area contributed by atoms with Crippen molar-refractivity contribution in [2.75, 3.05) is 11.8 Å². The van der Waals surface area contributed by atoms with E-state index in [1.807, 2.05) is 0 Å². The first-order valence-electron chi connectivity index (χ1n) is 5.55. The number of hydrogen-bond acceptors (Lipinski definition) is 6. The molecule has 2 heterocycles. The summed E-state index contributed by atoms with van der Waals surface area (Å²) < 4.78 is 31.7. The average Bonchev–Trinajstić information content (AvgIpc) is 2.41. The maximum atomic E-state index is 12.2. The molecule has 0 amide bonds. The van der Waals surface area contributed by atoms with Crippen LogP contribution in [-0.4, -0.2) is 38.3 Å². The van der Waals surface area contributed by atoms with Gasteiger partial charge in [0.15, 0.2) is 0 Å². The topological polar surface area (TPSA) is 94.1 Å². The fourth-order valence-electron chi connectivity index (χ4n) is 1.48. The van der Waals surface area contributed by atoms with E-state index in [-0.39, 0.29) is 22.2 Å². The summed E-state index contributed by atoms with van der Waals surface area (Å²) >= 11 is 0. The molecular weight excluding hydrogens is 279 g/mol. The zero-order chi connectivity index (χ0) is 14.8. The molecular formula is C11H11BN4O3S. The van der Waals surface area contributed by atoms with Gasteiger partial charge in [-0.3, -0.25) is 9.71 Å². The molecule has 2 rings (SSSR count). The second-order valence-corrected chi connectivity index (χ2v) is 5.51. The van der Waals surface area contributed by atoms with Gasteiger partial charge in [0.1, 0.15) is 7.85 Å². The predicted molar refractivity (Wildman–Crippen MR) is 73.8 cm³/mol. The lowest BCUT2D eigenvalue weighted by molar-refractivity contribution is 0.397. The van der Waals surface area contributed by atoms with E-state index in [1.54, 1.807) is 6.92 Å². The lowest BCUT2D eigenvalue weighted by atomic mass is 10.0. The van der Waals surface area contributed by atoms with Gasteiger partial charge in [-0.05, 0) is 19.1 Å². The van der Waals surface area contributed by atoms with Crippen LogP contribution in [0, 0.1) is 6.92 Å². The number of aromatic nitrogens is 3. The number of rotatable bonds is 4. The highest BCUT2D eigenvalue weighted by Gasteiger charge is 2.20. The minimum atomic E-state index is -3.91. The summed E-state index contributed by atoms with van der Waals surface area (Å²) in [5, 5.41) is 0. The van der Waals surface area contributed by atoms with Gasteiger partial charge in [-0.15, -0.1) is 0 Å². The average molecular weight is 290 g/mol. The molecule has 0 fully saturated rings. The Morgan fingerprint density at radius 2 is 2.10 bits per heavy atom. The van der Waals surface area contributed by atoms with Crippen molar-refractivity contribution in [3.63, 3.8) is 0 Å². The molecule has 0 atom stereocenters. The first-order valence-corrected chi connectivity index (χ1v) is 7.03. The second kappa shape index (κ2) is 5.45. The molecule has 0 saturated carbocycles. The van der Waals surface area contributed by atoms with Gasteiger partial charge in [-0.2, -0.15) is 0 Å². The van der Waals surface area contributed by atoms with Crippen molar-refractivity contribution in [2.24, 2.45) is 0 Å². The van der Waals surface area contributed by atoms with Crippen LogP contribution in [0.25, 0.3) is 0 Å². The molecule has 0 unspecified atom stereocenters. The van der Waals surface area contributed by atoms with E-state index in [0.717, 1.165) is 0 Å². The molecule has 2 aromatic heterocycles. The van der Waals surface area contributed by atoms with E-state index < -0.39 is 10.0 Å². The van der Waals surface area contributed by atoms with Gasteiger partial charge < -0.3 is 4.74 Å². The molecule has 0 spiro atoms. The third kappa shape index (κ3) is 2.88. The van der Waals surface area contributed by atoms with Crippen molar-refractivity contribution in [2.45, 2.75) is 11.8 Å². The van der Waals surface area contributed by atoms with Gasteiger partial charge in [0, 0.05) is 11.8 Å². The molecule has 102 valence electrons. The third-order valence-electron chi connectivity index (χ3n) is 2.37. The maximum Gasteiger partial charge on any atom is 0.264 e. The Bertz CT molecular complexity index is 736. The van der Waals surface area contributed by atoms with Crippen LogP contribution < -0.4 is 15.1 Å². The number of methoxy groups -OCH3 is 1. The van der Waals surface area contributed by atoms with Crippen LogP contribution in [0.2, 0.25) is 0 Å². The molecule has 0 bridgehead atoms. The number of sulfonamides is 1. The molecule has 7 nitrogen and oxygen atoms in total. The van der Waals surface area contributed by atoms with E-state index in [9.17, 15) is 8.42 Å². The lowest BCUT2D eigenvalue weighted by Crippen LogP contribution is -2.24. The number of anilines is 1. The van der Waals surface area contributed by atoms with Crippen molar-refractivity contribution in [1.82, 2.24) is 15.0 Å². The minimum absolute atomic E-state index is 0.0126. The van der Waals surface area contributed by atoms with Crippen molar-refractivity contribution >= 4 is 29.3 Å². The molecule has 2 aromatic rings. The molecule has 1 N–H and O–H groups in total. The van der Waals surface area contributed by atoms with Crippen LogP contribution in [0.15, 0.2) is 29.4 Å². The van der Waals surface area contributed by atoms with Crippen molar-refractivity contribution in [3.05, 3.63) is 30.2 Å². The van der Waals surface area contributed by atoms with Gasteiger partial charge in [-0.1, -0.05) is 0 Å². The van der Waals surface area contributed by atoms with Crippen molar-refractivity contribution in [3.8, 4) is 5.88 Å². The highest BCUT2D eigenvalue weighted by atomic mass is 32.2. The Labute approximate surface area is 117 Å². The Morgan fingerprint density at radius 1 is 1.35 bits per heavy atom. The van der Waals surface area contributed by atoms with Crippen LogP contribution >= 0.6 is 0 Å². The maximum absolute atomic E-state index is 12.2. The standard InChI is InChI=1S/C11H11BN4O3S/c1-7-6-14-10(11(15-7)19-2)16-20(17,18)8-4-3-5-13-9(8)12/h3-6H,1-2H3,(H,14,16). The first kappa shape index (κ1) is 14.3. The molecule has 0 aromatic carbocycles. The Balaban J connectivity index is 2.41. The summed E-state index contributed by atoms with van der Waals surface area (Å²) in [6, 6.07) is 2.82. The highest BCUT2D eigenvalue weighted by Crippen LogP contribution is 2.21. The predicted octanol–water partition coefficient (Wildman–Crippen LogP) is -0.217. The Hall–Kier alpha value is -2.16. The van der Waals surface area contributed by atoms with E-state index in [0.29, 0.717) is 5.69 Å². The number of ether oxygens (including phenoxy) is 1. The van der Waals surface area contributed by atoms with Crippen LogP contribution in [0.4, 0.5) is 5.82 Å². The second-order valence-electron chi connectivity index (χ2n) is 3.86. The zero-order valence-electron chi connectivity index (χ0n) is 10.9. The molecule has 9 heteroatoms. The highest BCUT2D eigenvalue weighted by molar-refractivity contribution is 7.93. The number of hydrogen-bond donors (Lipinski definition) is 1. The summed E-state index contributed by atoms with van der Waals surface area (Å²) in [6.45, 7) is 1.72. The molecule has 0 aliphatic carbocycles. The smallest absolute Gasteiger partial charge is 0.264 e. The normalized spacial score (nSPS) is 11.1. The summed E-state index contributed by atoms with van der Waals surface area (Å²) in [5.74, 6) is 0.0670. The van der Waals surface area contributed by atoms with Gasteiger partial charge in [0.25, 0.3) is 15.9 Å². The van der Waals surface area contributed by atoms with Crippen LogP contribution in [-0.2, 0) is 10.0 Å². The summed E-state index contributed by atoms with van der Waals surface area (Å²) in [5.41, 5.74) is 0.504. The fourth-order valence-corrected chi connectivity index (χ4v) is 2.57. The number of aryl methyl sites for hydroxylation is 1. The number of pyridine rings is 1. The Morgan fingerprint density at radius 3 is 2.75 bits per heavy atom. The van der Waals surface area contributed by atoms with Crippen LogP contribution in [0.3, 0.4) is 0 Å². The first-order chi connectivity index (χ1) is 9.44. The molecule has 0 aliphatic heterocycles. The van der Waals surface area contributed by atoms with E-state index in [2.05, 4.69) is 19.7 Å². The SMILES string of the molecule is [B]c1ncccc1S(=O)(=O)Nc1ncc(C)nc1OC. The Kier molecular flexibility index (Phi) is 3.89. The van der Waals surface area contributed by atoms with Crippen molar-refractivity contribution < 1.29 is 13.2 Å². The fraction of sp³-hybridized carbons (Fsp3) is 0.182. The molecule has 0 aliphatic rings. The largest absolute Gasteiger partial charge is 0.478 e. The number of nitrogens with zero attached hydrogens (tertiary/aromatic N) is 3. The lowest BCUT2D eigenvalue weighted by Gasteiger charge is -2.11. The molecule has 0 saturated heterocycles. The molecule has 2 radical (unpaired) electrons. The van der Waals surface area contributed by atoms with Gasteiger partial charge >= 0.3 is 0 Å². The van der Waals surface area contributed by atoms with E-state index in [4.69, 9.17) is 12.6 Å². The van der Waals surface area contributed by atoms with Crippen LogP contribution in [0.1, 0.15) is 5.69 Å². The summed E-state index contributed by atoms with van der Waals surface area (Å²) in [7, 11) is 3.02. The third-order valence-corrected chi connectivity index (χ3v) is 3.76. The van der Waals surface area contributed by atoms with E-state index in [1.165, 1.54) is 31.6 Å². The van der Waals surface area contributed by atoms with Gasteiger partial charge in [0.05, 0.1) is 23.9 Å². The monoisotopic (exact) mass is 290 g/mol. The van der Waals surface area contributed by atoms with Gasteiger partial charge in [-0.25, -0.2) is 18.4 Å². The minimum Gasteiger partial charge on any atom is -0.478 e.